The van der Waals surface area contributed by atoms with Crippen molar-refractivity contribution in [3.05, 3.63) is 82.3 Å². The minimum atomic E-state index is -0.301. The van der Waals surface area contributed by atoms with Gasteiger partial charge in [-0.25, -0.2) is 5.43 Å². The molecule has 1 aromatic heterocycles. The first kappa shape index (κ1) is 26.5. The van der Waals surface area contributed by atoms with Crippen molar-refractivity contribution in [3.63, 3.8) is 0 Å². The fourth-order valence-corrected chi connectivity index (χ4v) is 4.70. The molecule has 0 aliphatic heterocycles. The number of hydrazone groups is 1. The molecule has 0 aliphatic rings. The Morgan fingerprint density at radius 3 is 2.24 bits per heavy atom. The number of aromatic nitrogens is 3. The van der Waals surface area contributed by atoms with Crippen LogP contribution in [0.25, 0.3) is 17.1 Å². The molecule has 3 aromatic carbocycles. The highest BCUT2D eigenvalue weighted by Gasteiger charge is 2.18. The second-order valence-electron chi connectivity index (χ2n) is 7.71. The number of methoxy groups -OCH3 is 2. The van der Waals surface area contributed by atoms with Crippen LogP contribution in [0, 0.1) is 0 Å². The minimum Gasteiger partial charge on any atom is -0.497 e. The number of hydrogen-bond donors (Lipinski definition) is 1. The summed E-state index contributed by atoms with van der Waals surface area (Å²) in [6.45, 7) is 1.75. The van der Waals surface area contributed by atoms with E-state index >= 15 is 0 Å². The third-order valence-electron chi connectivity index (χ3n) is 5.31. The standard InChI is InChI=1S/C26H23Cl2N5O3S/c1-16(22-13-6-18(27)14-23(22)28)29-30-24(34)15-37-26-32-31-25(17-4-9-20(35-2)10-5-17)33(26)19-7-11-21(36-3)12-8-19/h4-14H,15H2,1-3H3,(H,30,34)/b29-16-. The molecule has 190 valence electrons. The molecule has 1 amide bonds. The number of nitrogens with one attached hydrogen (secondary N) is 1. The molecule has 0 fully saturated rings. The van der Waals surface area contributed by atoms with Gasteiger partial charge >= 0.3 is 0 Å². The van der Waals surface area contributed by atoms with Crippen molar-refractivity contribution in [3.8, 4) is 28.6 Å². The zero-order valence-electron chi connectivity index (χ0n) is 20.2. The summed E-state index contributed by atoms with van der Waals surface area (Å²) in [5.74, 6) is 1.86. The van der Waals surface area contributed by atoms with Crippen LogP contribution in [-0.2, 0) is 4.79 Å². The largest absolute Gasteiger partial charge is 0.497 e. The van der Waals surface area contributed by atoms with Crippen LogP contribution in [0.5, 0.6) is 11.5 Å². The molecular weight excluding hydrogens is 533 g/mol. The van der Waals surface area contributed by atoms with Crippen molar-refractivity contribution < 1.29 is 14.3 Å². The quantitative estimate of drug-likeness (QED) is 0.157. The Bertz CT molecular complexity index is 1420. The lowest BCUT2D eigenvalue weighted by atomic mass is 10.1. The fraction of sp³-hybridized carbons (Fsp3) is 0.154. The molecule has 4 rings (SSSR count). The average molecular weight is 556 g/mol. The van der Waals surface area contributed by atoms with Crippen LogP contribution >= 0.6 is 35.0 Å². The van der Waals surface area contributed by atoms with Crippen molar-refractivity contribution in [2.75, 3.05) is 20.0 Å². The highest BCUT2D eigenvalue weighted by atomic mass is 35.5. The minimum absolute atomic E-state index is 0.0715. The molecule has 0 spiro atoms. The van der Waals surface area contributed by atoms with Gasteiger partial charge < -0.3 is 9.47 Å². The van der Waals surface area contributed by atoms with E-state index in [0.29, 0.717) is 32.3 Å². The summed E-state index contributed by atoms with van der Waals surface area (Å²) in [6, 6.07) is 20.1. The summed E-state index contributed by atoms with van der Waals surface area (Å²) in [4.78, 5) is 12.6. The van der Waals surface area contributed by atoms with Gasteiger partial charge in [0.05, 0.1) is 30.7 Å². The summed E-state index contributed by atoms with van der Waals surface area (Å²) < 4.78 is 12.4. The number of amides is 1. The van der Waals surface area contributed by atoms with Crippen LogP contribution in [-0.4, -0.2) is 46.4 Å². The van der Waals surface area contributed by atoms with Crippen LogP contribution in [0.2, 0.25) is 10.0 Å². The number of ether oxygens (including phenoxy) is 2. The average Bonchev–Trinajstić information content (AvgIpc) is 3.34. The Morgan fingerprint density at radius 1 is 0.973 bits per heavy atom. The van der Waals surface area contributed by atoms with Gasteiger partial charge in [-0.15, -0.1) is 10.2 Å². The van der Waals surface area contributed by atoms with E-state index in [-0.39, 0.29) is 11.7 Å². The second-order valence-corrected chi connectivity index (χ2v) is 9.50. The number of nitrogens with zero attached hydrogens (tertiary/aromatic N) is 4. The van der Waals surface area contributed by atoms with Crippen molar-refractivity contribution >= 4 is 46.6 Å². The van der Waals surface area contributed by atoms with Crippen LogP contribution in [0.1, 0.15) is 12.5 Å². The number of hydrogen-bond acceptors (Lipinski definition) is 7. The first-order chi connectivity index (χ1) is 17.9. The van der Waals surface area contributed by atoms with E-state index in [1.54, 1.807) is 39.3 Å². The third kappa shape index (κ3) is 6.43. The number of carbonyl (C=O) groups excluding carboxylic acids is 1. The molecule has 0 radical (unpaired) electrons. The van der Waals surface area contributed by atoms with Gasteiger partial charge in [-0.2, -0.15) is 5.10 Å². The molecule has 4 aromatic rings. The molecule has 11 heteroatoms. The molecule has 0 aliphatic carbocycles. The molecule has 0 bridgehead atoms. The van der Waals surface area contributed by atoms with Gasteiger partial charge in [0.25, 0.3) is 5.91 Å². The maximum Gasteiger partial charge on any atom is 0.250 e. The number of halogens is 2. The van der Waals surface area contributed by atoms with Crippen molar-refractivity contribution in [1.82, 2.24) is 20.2 Å². The van der Waals surface area contributed by atoms with Crippen LogP contribution in [0.3, 0.4) is 0 Å². The number of benzene rings is 3. The predicted molar refractivity (Wildman–Crippen MR) is 147 cm³/mol. The van der Waals surface area contributed by atoms with Gasteiger partial charge in [0.1, 0.15) is 11.5 Å². The highest BCUT2D eigenvalue weighted by molar-refractivity contribution is 7.99. The zero-order valence-corrected chi connectivity index (χ0v) is 22.6. The van der Waals surface area contributed by atoms with E-state index in [4.69, 9.17) is 32.7 Å². The van der Waals surface area contributed by atoms with E-state index in [0.717, 1.165) is 22.7 Å². The smallest absolute Gasteiger partial charge is 0.250 e. The normalized spacial score (nSPS) is 11.3. The molecule has 37 heavy (non-hydrogen) atoms. The molecule has 0 atom stereocenters. The van der Waals surface area contributed by atoms with Crippen LogP contribution in [0.4, 0.5) is 0 Å². The highest BCUT2D eigenvalue weighted by Crippen LogP contribution is 2.30. The summed E-state index contributed by atoms with van der Waals surface area (Å²) >= 11 is 13.4. The molecular formula is C26H23Cl2N5O3S. The molecule has 8 nitrogen and oxygen atoms in total. The van der Waals surface area contributed by atoms with Crippen LogP contribution in [0.15, 0.2) is 77.0 Å². The van der Waals surface area contributed by atoms with Crippen molar-refractivity contribution in [2.24, 2.45) is 5.10 Å². The maximum absolute atomic E-state index is 12.6. The lowest BCUT2D eigenvalue weighted by molar-refractivity contribution is -0.118. The van der Waals surface area contributed by atoms with E-state index in [2.05, 4.69) is 20.7 Å². The van der Waals surface area contributed by atoms with Gasteiger partial charge in [0.15, 0.2) is 11.0 Å². The van der Waals surface area contributed by atoms with Gasteiger partial charge in [-0.05, 0) is 67.6 Å². The first-order valence-corrected chi connectivity index (χ1v) is 12.8. The summed E-state index contributed by atoms with van der Waals surface area (Å²) in [6.07, 6.45) is 0. The molecule has 1 N–H and O–H groups in total. The Labute approximate surface area is 228 Å². The zero-order chi connectivity index (χ0) is 26.4. The second kappa shape index (κ2) is 12.1. The lowest BCUT2D eigenvalue weighted by Gasteiger charge is -2.11. The van der Waals surface area contributed by atoms with Gasteiger partial charge in [-0.1, -0.05) is 41.0 Å². The molecule has 0 unspecified atom stereocenters. The SMILES string of the molecule is COc1ccc(-c2nnc(SCC(=O)N/N=C(/C)c3ccc(Cl)cc3Cl)n2-c2ccc(OC)cc2)cc1. The maximum atomic E-state index is 12.6. The van der Waals surface area contributed by atoms with Crippen LogP contribution < -0.4 is 14.9 Å². The Kier molecular flexibility index (Phi) is 8.70. The summed E-state index contributed by atoms with van der Waals surface area (Å²) in [5.41, 5.74) is 5.48. The van der Waals surface area contributed by atoms with E-state index in [1.165, 1.54) is 11.8 Å². The predicted octanol–water partition coefficient (Wildman–Crippen LogP) is 5.89. The van der Waals surface area contributed by atoms with Crippen molar-refractivity contribution in [2.45, 2.75) is 12.1 Å². The molecule has 0 saturated carbocycles. The topological polar surface area (TPSA) is 90.6 Å². The van der Waals surface area contributed by atoms with Gasteiger partial charge in [0, 0.05) is 21.8 Å². The Morgan fingerprint density at radius 2 is 1.62 bits per heavy atom. The van der Waals surface area contributed by atoms with Gasteiger partial charge in [0.2, 0.25) is 0 Å². The molecule has 0 saturated heterocycles. The Balaban J connectivity index is 1.54. The third-order valence-corrected chi connectivity index (χ3v) is 6.79. The lowest BCUT2D eigenvalue weighted by Crippen LogP contribution is -2.21. The Hall–Kier alpha value is -3.53. The van der Waals surface area contributed by atoms with E-state index in [1.807, 2.05) is 53.1 Å². The number of thioether (sulfide) groups is 1. The summed E-state index contributed by atoms with van der Waals surface area (Å²) in [5, 5.41) is 14.5. The molecule has 1 heterocycles. The first-order valence-electron chi connectivity index (χ1n) is 11.0. The van der Waals surface area contributed by atoms with E-state index in [9.17, 15) is 4.79 Å². The van der Waals surface area contributed by atoms with E-state index < -0.39 is 0 Å². The summed E-state index contributed by atoms with van der Waals surface area (Å²) in [7, 11) is 3.23. The van der Waals surface area contributed by atoms with Gasteiger partial charge in [-0.3, -0.25) is 9.36 Å². The fourth-order valence-electron chi connectivity index (χ4n) is 3.41. The number of carbonyl (C=O) groups is 1. The monoisotopic (exact) mass is 555 g/mol. The number of rotatable bonds is 9. The van der Waals surface area contributed by atoms with Crippen molar-refractivity contribution in [1.29, 1.82) is 0 Å².